The quantitative estimate of drug-likeness (QED) is 0.378. The molecule has 31 heavy (non-hydrogen) atoms. The number of halogens is 4. The van der Waals surface area contributed by atoms with Crippen molar-refractivity contribution in [1.82, 2.24) is 10.6 Å². The zero-order valence-corrected chi connectivity index (χ0v) is 18.3. The molecule has 3 amide bonds. The molecule has 0 fully saturated rings. The van der Waals surface area contributed by atoms with E-state index in [0.29, 0.717) is 11.6 Å². The molecule has 174 valence electrons. The lowest BCUT2D eigenvalue weighted by Gasteiger charge is -2.23. The van der Waals surface area contributed by atoms with Crippen molar-refractivity contribution < 1.29 is 32.3 Å². The number of amides is 3. The first-order valence-corrected chi connectivity index (χ1v) is 10.2. The summed E-state index contributed by atoms with van der Waals surface area (Å²) in [5.74, 6) is -2.21. The minimum atomic E-state index is -4.94. The SMILES string of the molecule is CC(C)(C)OC(=O)NC(CCCCNC(=O)C(F)(F)F)C(=O)Nc1ccc(CCl)cc1. The number of nitrogens with one attached hydrogen (secondary N) is 3. The molecule has 0 aliphatic heterocycles. The van der Waals surface area contributed by atoms with Crippen LogP contribution in [0.25, 0.3) is 0 Å². The van der Waals surface area contributed by atoms with Crippen molar-refractivity contribution in [1.29, 1.82) is 0 Å². The highest BCUT2D eigenvalue weighted by Gasteiger charge is 2.38. The van der Waals surface area contributed by atoms with Crippen LogP contribution >= 0.6 is 11.6 Å². The normalized spacial score (nSPS) is 12.6. The lowest BCUT2D eigenvalue weighted by molar-refractivity contribution is -0.173. The number of benzene rings is 1. The highest BCUT2D eigenvalue weighted by Crippen LogP contribution is 2.15. The largest absolute Gasteiger partial charge is 0.471 e. The number of anilines is 1. The number of hydrogen-bond acceptors (Lipinski definition) is 4. The Kier molecular flexibility index (Phi) is 10.1. The highest BCUT2D eigenvalue weighted by atomic mass is 35.5. The molecule has 1 atom stereocenters. The van der Waals surface area contributed by atoms with Gasteiger partial charge in [0.2, 0.25) is 5.91 Å². The van der Waals surface area contributed by atoms with Gasteiger partial charge in [-0.15, -0.1) is 11.6 Å². The van der Waals surface area contributed by atoms with E-state index in [-0.39, 0.29) is 25.8 Å². The van der Waals surface area contributed by atoms with Gasteiger partial charge in [-0.25, -0.2) is 4.79 Å². The fourth-order valence-electron chi connectivity index (χ4n) is 2.40. The maximum absolute atomic E-state index is 12.6. The lowest BCUT2D eigenvalue weighted by atomic mass is 10.1. The van der Waals surface area contributed by atoms with E-state index in [1.54, 1.807) is 50.4 Å². The summed E-state index contributed by atoms with van der Waals surface area (Å²) in [7, 11) is 0. The topological polar surface area (TPSA) is 96.5 Å². The van der Waals surface area contributed by atoms with Gasteiger partial charge in [0, 0.05) is 18.1 Å². The summed E-state index contributed by atoms with van der Waals surface area (Å²) in [5.41, 5.74) is 0.584. The third-order valence-corrected chi connectivity index (χ3v) is 4.15. The third-order valence-electron chi connectivity index (χ3n) is 3.85. The zero-order chi connectivity index (χ0) is 23.7. The molecular formula is C20H27ClF3N3O4. The van der Waals surface area contributed by atoms with Crippen molar-refractivity contribution in [2.45, 2.75) is 63.7 Å². The maximum Gasteiger partial charge on any atom is 0.471 e. The number of rotatable bonds is 9. The molecule has 1 aromatic carbocycles. The Hall–Kier alpha value is -2.49. The molecule has 0 saturated heterocycles. The van der Waals surface area contributed by atoms with Crippen LogP contribution in [-0.4, -0.2) is 42.3 Å². The first kappa shape index (κ1) is 26.5. The molecule has 3 N–H and O–H groups in total. The second kappa shape index (κ2) is 11.8. The summed E-state index contributed by atoms with van der Waals surface area (Å²) in [5, 5.41) is 6.91. The summed E-state index contributed by atoms with van der Waals surface area (Å²) in [6.07, 6.45) is -5.15. The number of ether oxygens (including phenoxy) is 1. The van der Waals surface area contributed by atoms with E-state index in [4.69, 9.17) is 16.3 Å². The van der Waals surface area contributed by atoms with Crippen LogP contribution in [0.1, 0.15) is 45.6 Å². The summed E-state index contributed by atoms with van der Waals surface area (Å²) < 4.78 is 41.7. The van der Waals surface area contributed by atoms with Crippen LogP contribution in [0.4, 0.5) is 23.7 Å². The van der Waals surface area contributed by atoms with Gasteiger partial charge >= 0.3 is 18.2 Å². The minimum Gasteiger partial charge on any atom is -0.444 e. The van der Waals surface area contributed by atoms with E-state index in [1.165, 1.54) is 0 Å². The number of unbranched alkanes of at least 4 members (excludes halogenated alkanes) is 1. The molecule has 0 aliphatic carbocycles. The number of alkyl carbamates (subject to hydrolysis) is 1. The van der Waals surface area contributed by atoms with E-state index >= 15 is 0 Å². The van der Waals surface area contributed by atoms with Gasteiger partial charge in [0.15, 0.2) is 0 Å². The number of carbonyl (C=O) groups excluding carboxylic acids is 3. The minimum absolute atomic E-state index is 0.132. The summed E-state index contributed by atoms with van der Waals surface area (Å²) >= 11 is 5.74. The van der Waals surface area contributed by atoms with Crippen molar-refractivity contribution in [3.8, 4) is 0 Å². The molecule has 0 aliphatic rings. The predicted octanol–water partition coefficient (Wildman–Crippen LogP) is 4.11. The second-order valence-electron chi connectivity index (χ2n) is 7.77. The van der Waals surface area contributed by atoms with Crippen LogP contribution in [-0.2, 0) is 20.2 Å². The maximum atomic E-state index is 12.6. The van der Waals surface area contributed by atoms with Crippen molar-refractivity contribution in [2.24, 2.45) is 0 Å². The van der Waals surface area contributed by atoms with Gasteiger partial charge in [0.25, 0.3) is 0 Å². The van der Waals surface area contributed by atoms with Crippen LogP contribution < -0.4 is 16.0 Å². The predicted molar refractivity (Wildman–Crippen MR) is 111 cm³/mol. The summed E-state index contributed by atoms with van der Waals surface area (Å²) in [6.45, 7) is 4.80. The van der Waals surface area contributed by atoms with Crippen molar-refractivity contribution in [3.05, 3.63) is 29.8 Å². The van der Waals surface area contributed by atoms with Crippen molar-refractivity contribution >= 4 is 35.2 Å². The first-order valence-electron chi connectivity index (χ1n) is 9.62. The Labute approximate surface area is 184 Å². The van der Waals surface area contributed by atoms with Gasteiger partial charge in [-0.3, -0.25) is 9.59 Å². The number of carbonyl (C=O) groups is 3. The third kappa shape index (κ3) is 10.9. The van der Waals surface area contributed by atoms with Gasteiger partial charge in [0.1, 0.15) is 11.6 Å². The molecule has 0 bridgehead atoms. The monoisotopic (exact) mass is 465 g/mol. The molecule has 11 heteroatoms. The first-order chi connectivity index (χ1) is 14.3. The molecule has 1 unspecified atom stereocenters. The van der Waals surface area contributed by atoms with Gasteiger partial charge < -0.3 is 20.7 Å². The molecule has 1 aromatic rings. The Morgan fingerprint density at radius 3 is 2.19 bits per heavy atom. The summed E-state index contributed by atoms with van der Waals surface area (Å²) in [6, 6.07) is 5.81. The van der Waals surface area contributed by atoms with Crippen LogP contribution in [0.15, 0.2) is 24.3 Å². The van der Waals surface area contributed by atoms with Gasteiger partial charge in [-0.2, -0.15) is 13.2 Å². The molecule has 0 aromatic heterocycles. The molecule has 0 heterocycles. The standard InChI is InChI=1S/C20H27ClF3N3O4/c1-19(2,3)31-18(30)27-15(6-4-5-11-25-17(29)20(22,23)24)16(28)26-14-9-7-13(12-21)8-10-14/h7-10,15H,4-6,11-12H2,1-3H3,(H,25,29)(H,26,28)(H,27,30). The van der Waals surface area contributed by atoms with E-state index < -0.39 is 35.7 Å². The van der Waals surface area contributed by atoms with Gasteiger partial charge in [0.05, 0.1) is 0 Å². The molecular weight excluding hydrogens is 439 g/mol. The van der Waals surface area contributed by atoms with Crippen molar-refractivity contribution in [2.75, 3.05) is 11.9 Å². The van der Waals surface area contributed by atoms with Gasteiger partial charge in [-0.05, 0) is 57.7 Å². The number of alkyl halides is 4. The van der Waals surface area contributed by atoms with Crippen LogP contribution in [0, 0.1) is 0 Å². The number of hydrogen-bond donors (Lipinski definition) is 3. The fraction of sp³-hybridized carbons (Fsp3) is 0.550. The lowest BCUT2D eigenvalue weighted by Crippen LogP contribution is -2.45. The Morgan fingerprint density at radius 1 is 1.06 bits per heavy atom. The van der Waals surface area contributed by atoms with Crippen molar-refractivity contribution in [3.63, 3.8) is 0 Å². The molecule has 7 nitrogen and oxygen atoms in total. The average Bonchev–Trinajstić information content (AvgIpc) is 2.65. The average molecular weight is 466 g/mol. The summed E-state index contributed by atoms with van der Waals surface area (Å²) in [4.78, 5) is 35.5. The van der Waals surface area contributed by atoms with E-state index in [2.05, 4.69) is 10.6 Å². The molecule has 0 spiro atoms. The Balaban J connectivity index is 2.67. The fourth-order valence-corrected chi connectivity index (χ4v) is 2.58. The molecule has 1 rings (SSSR count). The van der Waals surface area contributed by atoms with Crippen LogP contribution in [0.5, 0.6) is 0 Å². The molecule has 0 radical (unpaired) electrons. The molecule has 0 saturated carbocycles. The Bertz CT molecular complexity index is 750. The van der Waals surface area contributed by atoms with E-state index in [1.807, 2.05) is 0 Å². The van der Waals surface area contributed by atoms with Crippen LogP contribution in [0.2, 0.25) is 0 Å². The van der Waals surface area contributed by atoms with Crippen LogP contribution in [0.3, 0.4) is 0 Å². The zero-order valence-electron chi connectivity index (χ0n) is 17.6. The highest BCUT2D eigenvalue weighted by molar-refractivity contribution is 6.17. The Morgan fingerprint density at radius 2 is 1.68 bits per heavy atom. The van der Waals surface area contributed by atoms with Gasteiger partial charge in [-0.1, -0.05) is 12.1 Å². The smallest absolute Gasteiger partial charge is 0.444 e. The second-order valence-corrected chi connectivity index (χ2v) is 8.04. The van der Waals surface area contributed by atoms with E-state index in [9.17, 15) is 27.6 Å². The van der Waals surface area contributed by atoms with E-state index in [0.717, 1.165) is 5.56 Å².